The van der Waals surface area contributed by atoms with Crippen LogP contribution in [0.2, 0.25) is 0 Å². The summed E-state index contributed by atoms with van der Waals surface area (Å²) in [6, 6.07) is 5.28. The van der Waals surface area contributed by atoms with Crippen LogP contribution in [0.3, 0.4) is 0 Å². The monoisotopic (exact) mass is 469 g/mol. The highest BCUT2D eigenvalue weighted by Crippen LogP contribution is 2.22. The summed E-state index contributed by atoms with van der Waals surface area (Å²) in [5.74, 6) is 0.960. The van der Waals surface area contributed by atoms with Crippen molar-refractivity contribution in [1.29, 1.82) is 0 Å². The number of hydrogen-bond acceptors (Lipinski definition) is 6. The first-order valence-electron chi connectivity index (χ1n) is 11.7. The number of imide groups is 1. The number of piperazine rings is 1. The first-order chi connectivity index (χ1) is 16.2. The van der Waals surface area contributed by atoms with Crippen LogP contribution in [0.15, 0.2) is 23.2 Å². The second kappa shape index (κ2) is 9.54. The van der Waals surface area contributed by atoms with Crippen LogP contribution in [0, 0.1) is 13.8 Å². The van der Waals surface area contributed by atoms with Gasteiger partial charge in [0.05, 0.1) is 6.61 Å². The zero-order valence-electron chi connectivity index (χ0n) is 20.6. The summed E-state index contributed by atoms with van der Waals surface area (Å²) in [6.45, 7) is 9.82. The molecule has 0 aliphatic carbocycles. The molecule has 2 saturated heterocycles. The van der Waals surface area contributed by atoms with Gasteiger partial charge in [0.1, 0.15) is 13.1 Å². The van der Waals surface area contributed by atoms with Crippen LogP contribution in [0.25, 0.3) is 0 Å². The van der Waals surface area contributed by atoms with E-state index >= 15 is 0 Å². The Morgan fingerprint density at radius 3 is 2.50 bits per heavy atom. The summed E-state index contributed by atoms with van der Waals surface area (Å²) in [6.07, 6.45) is -0.285. The van der Waals surface area contributed by atoms with Gasteiger partial charge in [-0.05, 0) is 36.9 Å². The van der Waals surface area contributed by atoms with Gasteiger partial charge in [0, 0.05) is 40.3 Å². The summed E-state index contributed by atoms with van der Waals surface area (Å²) in [7, 11) is 3.18. The highest BCUT2D eigenvalue weighted by atomic mass is 16.6. The lowest BCUT2D eigenvalue weighted by atomic mass is 10.0. The number of likely N-dealkylation sites (N-methyl/N-ethyl adjacent to an activating group) is 2. The van der Waals surface area contributed by atoms with Gasteiger partial charge in [0.2, 0.25) is 0 Å². The summed E-state index contributed by atoms with van der Waals surface area (Å²) in [5, 5.41) is 0. The number of aryl methyl sites for hydroxylation is 2. The third-order valence-electron chi connectivity index (χ3n) is 6.72. The maximum Gasteiger partial charge on any atom is 0.409 e. The van der Waals surface area contributed by atoms with Gasteiger partial charge in [-0.15, -0.1) is 0 Å². The van der Waals surface area contributed by atoms with Crippen molar-refractivity contribution in [1.82, 2.24) is 19.6 Å². The van der Waals surface area contributed by atoms with Crippen molar-refractivity contribution in [2.75, 3.05) is 53.4 Å². The van der Waals surface area contributed by atoms with E-state index in [1.54, 1.807) is 18.9 Å². The Balaban J connectivity index is 1.61. The van der Waals surface area contributed by atoms with Crippen molar-refractivity contribution in [3.63, 3.8) is 0 Å². The number of ether oxygens (including phenoxy) is 1. The lowest BCUT2D eigenvalue weighted by molar-refractivity contribution is -0.552. The predicted molar refractivity (Wildman–Crippen MR) is 127 cm³/mol. The van der Waals surface area contributed by atoms with Crippen molar-refractivity contribution in [2.45, 2.75) is 33.4 Å². The normalized spacial score (nSPS) is 21.3. The molecule has 0 N–H and O–H groups in total. The average molecular weight is 470 g/mol. The fourth-order valence-electron chi connectivity index (χ4n) is 4.62. The number of hydrogen-bond donors (Lipinski definition) is 0. The molecule has 4 amide bonds. The fraction of sp³-hybridized carbons (Fsp3) is 0.542. The second-order valence-corrected chi connectivity index (χ2v) is 9.05. The Bertz CT molecular complexity index is 1070. The molecule has 1 aromatic rings. The lowest BCUT2D eigenvalue weighted by Crippen LogP contribution is -2.61. The standard InChI is InChI=1S/C24H33N6O4/c1-6-34-24(33)29-11-9-28(10-12-29)15-19-25-21-20(22(31)27(5)23(32)26(21)4)30(19)14-18-13-16(2)7-8-17(18)3/h7-8,13,20H,6,9-12,14-15H2,1-5H3/q+1. The largest absolute Gasteiger partial charge is 0.450 e. The van der Waals surface area contributed by atoms with Crippen LogP contribution in [-0.4, -0.2) is 113 Å². The van der Waals surface area contributed by atoms with Crippen molar-refractivity contribution in [3.8, 4) is 0 Å². The third-order valence-corrected chi connectivity index (χ3v) is 6.72. The topological polar surface area (TPSA) is 88.8 Å². The van der Waals surface area contributed by atoms with Crippen LogP contribution in [0.1, 0.15) is 23.6 Å². The summed E-state index contributed by atoms with van der Waals surface area (Å²) < 4.78 is 7.14. The van der Waals surface area contributed by atoms with E-state index in [1.165, 1.54) is 16.8 Å². The number of amides is 4. The second-order valence-electron chi connectivity index (χ2n) is 9.05. The maximum atomic E-state index is 13.2. The molecule has 3 aliphatic rings. The van der Waals surface area contributed by atoms with E-state index < -0.39 is 6.04 Å². The number of rotatable bonds is 5. The molecule has 0 radical (unpaired) electrons. The summed E-state index contributed by atoms with van der Waals surface area (Å²) in [5.41, 5.74) is 3.41. The van der Waals surface area contributed by atoms with Gasteiger partial charge >= 0.3 is 18.0 Å². The van der Waals surface area contributed by atoms with Crippen LogP contribution < -0.4 is 0 Å². The Morgan fingerprint density at radius 1 is 1.12 bits per heavy atom. The number of carbonyl (C=O) groups excluding carboxylic acids is 3. The molecule has 3 heterocycles. The van der Waals surface area contributed by atoms with Crippen LogP contribution in [-0.2, 0) is 16.1 Å². The quantitative estimate of drug-likeness (QED) is 0.607. The number of nitrogens with zero attached hydrogens (tertiary/aromatic N) is 6. The highest BCUT2D eigenvalue weighted by molar-refractivity contribution is 6.23. The van der Waals surface area contributed by atoms with E-state index in [2.05, 4.69) is 36.9 Å². The Hall–Kier alpha value is -3.27. The van der Waals surface area contributed by atoms with Gasteiger partial charge in [0.25, 0.3) is 17.8 Å². The molecule has 1 unspecified atom stereocenters. The van der Waals surface area contributed by atoms with Gasteiger partial charge < -0.3 is 9.64 Å². The molecule has 0 spiro atoms. The molecule has 0 bridgehead atoms. The van der Waals surface area contributed by atoms with Gasteiger partial charge in [-0.25, -0.2) is 14.2 Å². The molecule has 3 aliphatic heterocycles. The number of fused-ring (bicyclic) bond motifs is 1. The van der Waals surface area contributed by atoms with E-state index in [1.807, 2.05) is 4.58 Å². The molecular weight excluding hydrogens is 436 g/mol. The maximum absolute atomic E-state index is 13.2. The van der Waals surface area contributed by atoms with E-state index in [0.29, 0.717) is 51.7 Å². The molecule has 1 aromatic carbocycles. The average Bonchev–Trinajstić information content (AvgIpc) is 3.17. The van der Waals surface area contributed by atoms with Gasteiger partial charge in [-0.1, -0.05) is 23.8 Å². The first kappa shape index (κ1) is 23.9. The van der Waals surface area contributed by atoms with Gasteiger partial charge in [-0.2, -0.15) is 0 Å². The zero-order valence-corrected chi connectivity index (χ0v) is 20.6. The molecule has 0 aromatic heterocycles. The minimum atomic E-state index is -0.636. The highest BCUT2D eigenvalue weighted by Gasteiger charge is 2.53. The Labute approximate surface area is 200 Å². The first-order valence-corrected chi connectivity index (χ1v) is 11.7. The zero-order chi connectivity index (χ0) is 24.6. The molecule has 10 heteroatoms. The van der Waals surface area contributed by atoms with Crippen molar-refractivity contribution < 1.29 is 23.7 Å². The molecule has 2 fully saturated rings. The Kier molecular flexibility index (Phi) is 6.70. The van der Waals surface area contributed by atoms with Crippen LogP contribution >= 0.6 is 0 Å². The van der Waals surface area contributed by atoms with E-state index in [0.717, 1.165) is 22.5 Å². The number of carbonyl (C=O) groups is 3. The predicted octanol–water partition coefficient (Wildman–Crippen LogP) is 1.29. The molecule has 10 nitrogen and oxygen atoms in total. The van der Waals surface area contributed by atoms with Crippen molar-refractivity contribution >= 4 is 29.7 Å². The van der Waals surface area contributed by atoms with Crippen molar-refractivity contribution in [3.05, 3.63) is 34.9 Å². The molecule has 34 heavy (non-hydrogen) atoms. The SMILES string of the molecule is CCOC(=O)N1CCN(CC2=[N+](Cc3cc(C)ccc3C)C3C(=O)N(C)C(=O)N(C)C3=N2)CC1. The smallest absolute Gasteiger partial charge is 0.409 e. The van der Waals surface area contributed by atoms with Gasteiger partial charge in [0.15, 0.2) is 0 Å². The molecule has 1 atom stereocenters. The summed E-state index contributed by atoms with van der Waals surface area (Å²) in [4.78, 5) is 49.2. The van der Waals surface area contributed by atoms with Crippen molar-refractivity contribution in [2.24, 2.45) is 4.99 Å². The number of aliphatic imine (C=N–C) groups is 1. The molecule has 182 valence electrons. The lowest BCUT2D eigenvalue weighted by Gasteiger charge is -2.33. The molecular formula is C24H33N6O4+. The van der Waals surface area contributed by atoms with Crippen LogP contribution in [0.4, 0.5) is 9.59 Å². The van der Waals surface area contributed by atoms with Crippen LogP contribution in [0.5, 0.6) is 0 Å². The minimum Gasteiger partial charge on any atom is -0.450 e. The number of benzene rings is 1. The van der Waals surface area contributed by atoms with E-state index in [-0.39, 0.29) is 18.0 Å². The minimum absolute atomic E-state index is 0.269. The summed E-state index contributed by atoms with van der Waals surface area (Å²) >= 11 is 0. The molecule has 4 rings (SSSR count). The fourth-order valence-corrected chi connectivity index (χ4v) is 4.62. The van der Waals surface area contributed by atoms with E-state index in [9.17, 15) is 14.4 Å². The molecule has 0 saturated carbocycles. The van der Waals surface area contributed by atoms with Gasteiger partial charge in [-0.3, -0.25) is 19.5 Å². The van der Waals surface area contributed by atoms with E-state index in [4.69, 9.17) is 9.73 Å². The third kappa shape index (κ3) is 4.42. The number of urea groups is 1. The number of amidine groups is 2. The Morgan fingerprint density at radius 2 is 1.82 bits per heavy atom.